The van der Waals surface area contributed by atoms with Crippen LogP contribution in [0.15, 0.2) is 36.4 Å². The fraction of sp³-hybridized carbons (Fsp3) is 0.455. The van der Waals surface area contributed by atoms with E-state index in [0.29, 0.717) is 55.7 Å². The summed E-state index contributed by atoms with van der Waals surface area (Å²) >= 11 is 0. The molecule has 1 fully saturated rings. The predicted molar refractivity (Wildman–Crippen MR) is 100 cm³/mol. The molecule has 182 valence electrons. The zero-order valence-electron chi connectivity index (χ0n) is 17.1. The van der Waals surface area contributed by atoms with E-state index in [1.165, 1.54) is 0 Å². The number of halogens is 8. The quantitative estimate of drug-likeness (QED) is 0.301. The molecule has 2 aromatic carbocycles. The van der Waals surface area contributed by atoms with Crippen molar-refractivity contribution in [1.82, 2.24) is 0 Å². The molecule has 0 amide bonds. The fourth-order valence-electron chi connectivity index (χ4n) is 3.35. The Bertz CT molecular complexity index is 899. The Labute approximate surface area is 184 Å². The van der Waals surface area contributed by atoms with Crippen molar-refractivity contribution in [3.8, 4) is 5.75 Å². The van der Waals surface area contributed by atoms with Crippen molar-refractivity contribution < 1.29 is 49.3 Å². The van der Waals surface area contributed by atoms with Gasteiger partial charge in [0.25, 0.3) is 0 Å². The van der Waals surface area contributed by atoms with Gasteiger partial charge in [0.05, 0.1) is 25.5 Å². The van der Waals surface area contributed by atoms with Crippen molar-refractivity contribution in [2.24, 2.45) is 5.92 Å². The minimum Gasteiger partial charge on any atom is -0.429 e. The number of alkyl halides is 6. The zero-order chi connectivity index (χ0) is 24.2. The maximum absolute atomic E-state index is 14.5. The molecule has 33 heavy (non-hydrogen) atoms. The third kappa shape index (κ3) is 6.35. The molecule has 0 spiro atoms. The Hall–Kier alpha value is -2.40. The van der Waals surface area contributed by atoms with Gasteiger partial charge in [-0.25, -0.2) is 8.78 Å². The van der Waals surface area contributed by atoms with Crippen LogP contribution in [0.1, 0.15) is 42.2 Å². The molecule has 1 aliphatic heterocycles. The Morgan fingerprint density at radius 2 is 1.45 bits per heavy atom. The second kappa shape index (κ2) is 10.3. The van der Waals surface area contributed by atoms with Gasteiger partial charge in [-0.2, -0.15) is 22.0 Å². The molecule has 0 bridgehead atoms. The van der Waals surface area contributed by atoms with Crippen molar-refractivity contribution in [1.29, 1.82) is 0 Å². The topological polar surface area (TPSA) is 27.7 Å². The van der Waals surface area contributed by atoms with E-state index in [1.807, 2.05) is 0 Å². The van der Waals surface area contributed by atoms with E-state index in [0.717, 1.165) is 0 Å². The average molecular weight is 484 g/mol. The molecule has 3 rings (SSSR count). The molecule has 1 aliphatic rings. The SMILES string of the molecule is FCCCCC1COC(c2cc(F)c(C(F)(F)Oc3ccc(C(F)(F)F)cc3)c(F)c2)OC1. The molecule has 3 nitrogen and oxygen atoms in total. The lowest BCUT2D eigenvalue weighted by atomic mass is 10.0. The van der Waals surface area contributed by atoms with Gasteiger partial charge in [-0.15, -0.1) is 0 Å². The maximum atomic E-state index is 14.5. The van der Waals surface area contributed by atoms with Crippen LogP contribution in [0.2, 0.25) is 0 Å². The Kier molecular flexibility index (Phi) is 7.84. The minimum atomic E-state index is -4.69. The number of hydrogen-bond donors (Lipinski definition) is 0. The van der Waals surface area contributed by atoms with Crippen LogP contribution < -0.4 is 4.74 Å². The number of rotatable bonds is 8. The predicted octanol–water partition coefficient (Wildman–Crippen LogP) is 6.91. The molecular formula is C22H20F8O3. The summed E-state index contributed by atoms with van der Waals surface area (Å²) in [5.74, 6) is -4.02. The van der Waals surface area contributed by atoms with E-state index in [4.69, 9.17) is 9.47 Å². The number of unbranched alkanes of at least 4 members (excludes halogenated alkanes) is 1. The Morgan fingerprint density at radius 3 is 1.97 bits per heavy atom. The molecule has 0 saturated carbocycles. The van der Waals surface area contributed by atoms with Crippen LogP contribution in [-0.4, -0.2) is 19.9 Å². The fourth-order valence-corrected chi connectivity index (χ4v) is 3.35. The average Bonchev–Trinajstić information content (AvgIpc) is 2.73. The highest BCUT2D eigenvalue weighted by molar-refractivity contribution is 5.33. The lowest BCUT2D eigenvalue weighted by Gasteiger charge is -2.30. The molecule has 0 aliphatic carbocycles. The molecule has 0 N–H and O–H groups in total. The van der Waals surface area contributed by atoms with Crippen LogP contribution in [0, 0.1) is 17.6 Å². The number of hydrogen-bond acceptors (Lipinski definition) is 3. The largest absolute Gasteiger partial charge is 0.432 e. The van der Waals surface area contributed by atoms with Gasteiger partial charge in [0.15, 0.2) is 6.29 Å². The second-order valence-electron chi connectivity index (χ2n) is 7.55. The molecule has 0 atom stereocenters. The van der Waals surface area contributed by atoms with Crippen molar-refractivity contribution in [3.05, 3.63) is 64.7 Å². The Morgan fingerprint density at radius 1 is 0.879 bits per heavy atom. The number of ether oxygens (including phenoxy) is 3. The first-order chi connectivity index (χ1) is 15.5. The van der Waals surface area contributed by atoms with Gasteiger partial charge in [0, 0.05) is 11.5 Å². The van der Waals surface area contributed by atoms with E-state index in [2.05, 4.69) is 4.74 Å². The first-order valence-electron chi connectivity index (χ1n) is 10.0. The van der Waals surface area contributed by atoms with Crippen LogP contribution >= 0.6 is 0 Å². The lowest BCUT2D eigenvalue weighted by Crippen LogP contribution is -2.28. The summed E-state index contributed by atoms with van der Waals surface area (Å²) in [6.07, 6.45) is -8.70. The van der Waals surface area contributed by atoms with Gasteiger partial charge in [-0.1, -0.05) is 6.42 Å². The molecular weight excluding hydrogens is 464 g/mol. The minimum absolute atomic E-state index is 0.0248. The van der Waals surface area contributed by atoms with E-state index in [1.54, 1.807) is 0 Å². The van der Waals surface area contributed by atoms with Crippen molar-refractivity contribution in [3.63, 3.8) is 0 Å². The number of benzene rings is 2. The monoisotopic (exact) mass is 484 g/mol. The van der Waals surface area contributed by atoms with Gasteiger partial charge in [0.2, 0.25) is 0 Å². The summed E-state index contributed by atoms with van der Waals surface area (Å²) in [6.45, 7) is -0.0561. The van der Waals surface area contributed by atoms with Crippen molar-refractivity contribution >= 4 is 0 Å². The first kappa shape index (κ1) is 25.2. The highest BCUT2D eigenvalue weighted by Gasteiger charge is 2.42. The highest BCUT2D eigenvalue weighted by Crippen LogP contribution is 2.38. The summed E-state index contributed by atoms with van der Waals surface area (Å²) in [7, 11) is 0. The molecule has 0 aromatic heterocycles. The molecule has 1 heterocycles. The van der Waals surface area contributed by atoms with Crippen LogP contribution in [0.4, 0.5) is 35.1 Å². The van der Waals surface area contributed by atoms with Crippen LogP contribution in [0.5, 0.6) is 5.75 Å². The lowest BCUT2D eigenvalue weighted by molar-refractivity contribution is -0.206. The van der Waals surface area contributed by atoms with E-state index in [-0.39, 0.29) is 24.7 Å². The van der Waals surface area contributed by atoms with Crippen molar-refractivity contribution in [2.45, 2.75) is 37.8 Å². The summed E-state index contributed by atoms with van der Waals surface area (Å²) in [5.41, 5.74) is -2.97. The second-order valence-corrected chi connectivity index (χ2v) is 7.55. The van der Waals surface area contributed by atoms with Gasteiger partial charge in [-0.3, -0.25) is 4.39 Å². The van der Waals surface area contributed by atoms with Gasteiger partial charge < -0.3 is 14.2 Å². The molecule has 2 aromatic rings. The maximum Gasteiger partial charge on any atom is 0.432 e. The third-order valence-corrected chi connectivity index (χ3v) is 5.02. The van der Waals surface area contributed by atoms with Crippen LogP contribution in [0.3, 0.4) is 0 Å². The summed E-state index contributed by atoms with van der Waals surface area (Å²) < 4.78 is 123. The standard InChI is InChI=1S/C22H20F8O3/c23-8-2-1-3-13-11-31-20(32-12-13)14-9-17(24)19(18(25)10-14)22(29,30)33-16-6-4-15(5-7-16)21(26,27)28/h4-7,9-10,13,20H,1-3,8,11-12H2. The van der Waals surface area contributed by atoms with E-state index >= 15 is 0 Å². The zero-order valence-corrected chi connectivity index (χ0v) is 17.1. The van der Waals surface area contributed by atoms with Gasteiger partial charge >= 0.3 is 12.3 Å². The van der Waals surface area contributed by atoms with Gasteiger partial charge in [0.1, 0.15) is 22.9 Å². The molecule has 11 heteroatoms. The highest BCUT2D eigenvalue weighted by atomic mass is 19.4. The van der Waals surface area contributed by atoms with Crippen LogP contribution in [-0.2, 0) is 21.8 Å². The summed E-state index contributed by atoms with van der Waals surface area (Å²) in [6, 6.07) is 3.49. The molecule has 1 saturated heterocycles. The van der Waals surface area contributed by atoms with Crippen LogP contribution in [0.25, 0.3) is 0 Å². The Balaban J connectivity index is 1.70. The normalized spacial score (nSPS) is 19.5. The summed E-state index contributed by atoms with van der Waals surface area (Å²) in [4.78, 5) is 0. The van der Waals surface area contributed by atoms with Gasteiger partial charge in [-0.05, 0) is 49.2 Å². The third-order valence-electron chi connectivity index (χ3n) is 5.02. The molecule has 0 unspecified atom stereocenters. The van der Waals surface area contributed by atoms with Crippen molar-refractivity contribution in [2.75, 3.05) is 19.9 Å². The van der Waals surface area contributed by atoms with E-state index in [9.17, 15) is 35.1 Å². The summed E-state index contributed by atoms with van der Waals surface area (Å²) in [5, 5.41) is 0. The van der Waals surface area contributed by atoms with E-state index < -0.39 is 53.8 Å². The molecule has 0 radical (unpaired) electrons. The smallest absolute Gasteiger partial charge is 0.429 e. The first-order valence-corrected chi connectivity index (χ1v) is 10.0.